The fourth-order valence-electron chi connectivity index (χ4n) is 6.30. The van der Waals surface area contributed by atoms with Crippen LogP contribution in [0.25, 0.3) is 0 Å². The molecule has 0 aliphatic rings. The third-order valence-electron chi connectivity index (χ3n) is 9.65. The molecule has 0 saturated heterocycles. The number of carbonyl (C=O) groups is 3. The van der Waals surface area contributed by atoms with Gasteiger partial charge in [0, 0.05) is 19.3 Å². The van der Waals surface area contributed by atoms with Crippen molar-refractivity contribution in [2.75, 3.05) is 41.0 Å². The van der Waals surface area contributed by atoms with Gasteiger partial charge in [-0.1, -0.05) is 148 Å². The zero-order valence-electron chi connectivity index (χ0n) is 34.0. The van der Waals surface area contributed by atoms with Gasteiger partial charge in [-0.3, -0.25) is 9.59 Å². The third-order valence-corrected chi connectivity index (χ3v) is 9.65. The summed E-state index contributed by atoms with van der Waals surface area (Å²) in [5.74, 6) is -1.74. The summed E-state index contributed by atoms with van der Waals surface area (Å²) in [6.45, 7) is 4.65. The Kier molecular flexibility index (Phi) is 33.8. The molecule has 0 saturated carbocycles. The quantitative estimate of drug-likeness (QED) is 0.0271. The standard InChI is InChI=1S/C43H81NO7/c1-6-8-10-12-14-16-18-19-20-21-22-24-26-28-30-32-34-42(46)51-39(37-49-36-35-40(43(47)48)44(3,4)5)38-50-41(45)33-31-29-27-25-23-17-15-13-11-9-7-2/h20-21,39-40H,6-19,22-38H2,1-5H3/b21-20-. The molecule has 0 amide bonds. The van der Waals surface area contributed by atoms with Crippen molar-refractivity contribution in [3.8, 4) is 0 Å². The molecule has 0 aliphatic heterocycles. The molecule has 2 atom stereocenters. The van der Waals surface area contributed by atoms with Crippen LogP contribution in [0.5, 0.6) is 0 Å². The van der Waals surface area contributed by atoms with E-state index in [1.165, 1.54) is 109 Å². The summed E-state index contributed by atoms with van der Waals surface area (Å²) in [4.78, 5) is 36.7. The molecule has 0 spiro atoms. The highest BCUT2D eigenvalue weighted by Gasteiger charge is 2.25. The minimum atomic E-state index is -1.12. The van der Waals surface area contributed by atoms with Crippen LogP contribution in [-0.2, 0) is 28.6 Å². The van der Waals surface area contributed by atoms with Crippen molar-refractivity contribution in [3.05, 3.63) is 12.2 Å². The Hall–Kier alpha value is -1.93. The number of aliphatic carboxylic acids is 1. The van der Waals surface area contributed by atoms with Gasteiger partial charge in [0.15, 0.2) is 6.10 Å². The molecule has 8 nitrogen and oxygen atoms in total. The maximum Gasteiger partial charge on any atom is 0.306 e. The lowest BCUT2D eigenvalue weighted by atomic mass is 10.1. The van der Waals surface area contributed by atoms with Crippen molar-refractivity contribution in [2.45, 2.75) is 206 Å². The lowest BCUT2D eigenvalue weighted by Crippen LogP contribution is -2.55. The molecule has 0 N–H and O–H groups in total. The Bertz CT molecular complexity index is 854. The van der Waals surface area contributed by atoms with E-state index in [9.17, 15) is 19.5 Å². The third kappa shape index (κ3) is 33.6. The smallest absolute Gasteiger partial charge is 0.306 e. The Morgan fingerprint density at radius 3 is 1.41 bits per heavy atom. The molecule has 0 rings (SSSR count). The Morgan fingerprint density at radius 2 is 0.980 bits per heavy atom. The number of hydrogen-bond donors (Lipinski definition) is 0. The van der Waals surface area contributed by atoms with Crippen molar-refractivity contribution in [1.29, 1.82) is 0 Å². The SMILES string of the molecule is CCCCCCCCC/C=C\CCCCCCCC(=O)OC(COCCC(C(=O)[O-])[N+](C)(C)C)COC(=O)CCCCCCCCCCCCC. The van der Waals surface area contributed by atoms with Gasteiger partial charge in [-0.05, 0) is 38.5 Å². The van der Waals surface area contributed by atoms with Crippen LogP contribution in [0.15, 0.2) is 12.2 Å². The van der Waals surface area contributed by atoms with Crippen LogP contribution in [-0.4, -0.2) is 75.5 Å². The van der Waals surface area contributed by atoms with Crippen LogP contribution >= 0.6 is 0 Å². The second-order valence-electron chi connectivity index (χ2n) is 15.6. The lowest BCUT2D eigenvalue weighted by molar-refractivity contribution is -0.889. The van der Waals surface area contributed by atoms with Gasteiger partial charge in [0.1, 0.15) is 12.6 Å². The largest absolute Gasteiger partial charge is 0.544 e. The van der Waals surface area contributed by atoms with E-state index in [4.69, 9.17) is 14.2 Å². The van der Waals surface area contributed by atoms with E-state index in [0.717, 1.165) is 51.4 Å². The molecule has 0 bridgehead atoms. The molecule has 0 heterocycles. The van der Waals surface area contributed by atoms with Crippen molar-refractivity contribution < 1.29 is 38.2 Å². The maximum absolute atomic E-state index is 12.7. The topological polar surface area (TPSA) is 102 Å². The first-order valence-corrected chi connectivity index (χ1v) is 21.2. The predicted molar refractivity (Wildman–Crippen MR) is 208 cm³/mol. The molecule has 0 fully saturated rings. The normalized spacial score (nSPS) is 13.0. The van der Waals surface area contributed by atoms with E-state index < -0.39 is 18.1 Å². The molecule has 0 aromatic rings. The summed E-state index contributed by atoms with van der Waals surface area (Å²) >= 11 is 0. The van der Waals surface area contributed by atoms with Crippen molar-refractivity contribution >= 4 is 17.9 Å². The molecule has 8 heteroatoms. The van der Waals surface area contributed by atoms with Crippen LogP contribution in [0.2, 0.25) is 0 Å². The summed E-state index contributed by atoms with van der Waals surface area (Å²) in [5, 5.41) is 11.6. The van der Waals surface area contributed by atoms with Gasteiger partial charge in [0.25, 0.3) is 0 Å². The molecule has 0 aromatic heterocycles. The first kappa shape index (κ1) is 49.1. The van der Waals surface area contributed by atoms with Gasteiger partial charge in [0.2, 0.25) is 0 Å². The van der Waals surface area contributed by atoms with E-state index in [2.05, 4.69) is 26.0 Å². The predicted octanol–water partition coefficient (Wildman–Crippen LogP) is 9.80. The van der Waals surface area contributed by atoms with Crippen molar-refractivity contribution in [1.82, 2.24) is 0 Å². The second-order valence-corrected chi connectivity index (χ2v) is 15.6. The van der Waals surface area contributed by atoms with Gasteiger partial charge < -0.3 is 28.6 Å². The highest BCUT2D eigenvalue weighted by atomic mass is 16.6. The number of unbranched alkanes of at least 4 members (excludes halogenated alkanes) is 22. The molecule has 0 aromatic carbocycles. The van der Waals surface area contributed by atoms with Crippen molar-refractivity contribution in [2.24, 2.45) is 0 Å². The number of nitrogens with zero attached hydrogens (tertiary/aromatic N) is 1. The number of rotatable bonds is 38. The first-order valence-electron chi connectivity index (χ1n) is 21.2. The highest BCUT2D eigenvalue weighted by molar-refractivity contribution is 5.70. The molecular weight excluding hydrogens is 642 g/mol. The van der Waals surface area contributed by atoms with E-state index in [-0.39, 0.29) is 42.7 Å². The van der Waals surface area contributed by atoms with Gasteiger partial charge >= 0.3 is 11.9 Å². The molecule has 51 heavy (non-hydrogen) atoms. The van der Waals surface area contributed by atoms with Crippen LogP contribution in [0.3, 0.4) is 0 Å². The zero-order chi connectivity index (χ0) is 37.8. The Morgan fingerprint density at radius 1 is 0.569 bits per heavy atom. The number of ether oxygens (including phenoxy) is 3. The van der Waals surface area contributed by atoms with Crippen LogP contribution < -0.4 is 5.11 Å². The summed E-state index contributed by atoms with van der Waals surface area (Å²) < 4.78 is 17.1. The van der Waals surface area contributed by atoms with E-state index in [0.29, 0.717) is 12.8 Å². The van der Waals surface area contributed by atoms with Gasteiger partial charge in [-0.15, -0.1) is 0 Å². The first-order chi connectivity index (χ1) is 24.6. The monoisotopic (exact) mass is 724 g/mol. The van der Waals surface area contributed by atoms with E-state index in [1.54, 1.807) is 21.1 Å². The number of quaternary nitrogens is 1. The molecule has 2 unspecified atom stereocenters. The lowest BCUT2D eigenvalue weighted by Gasteiger charge is -2.34. The maximum atomic E-state index is 12.7. The van der Waals surface area contributed by atoms with Crippen LogP contribution in [0, 0.1) is 0 Å². The van der Waals surface area contributed by atoms with Gasteiger partial charge in [-0.2, -0.15) is 0 Å². The average molecular weight is 724 g/mol. The second kappa shape index (κ2) is 35.1. The molecule has 0 aliphatic carbocycles. The summed E-state index contributed by atoms with van der Waals surface area (Å²) in [6, 6.07) is -0.722. The summed E-state index contributed by atoms with van der Waals surface area (Å²) in [7, 11) is 5.40. The zero-order valence-corrected chi connectivity index (χ0v) is 34.0. The molecule has 0 radical (unpaired) electrons. The van der Waals surface area contributed by atoms with Crippen LogP contribution in [0.1, 0.15) is 194 Å². The minimum absolute atomic E-state index is 0.0425. The fourth-order valence-corrected chi connectivity index (χ4v) is 6.30. The number of carboxylic acid groups (broad SMARTS) is 1. The van der Waals surface area contributed by atoms with Gasteiger partial charge in [-0.25, -0.2) is 0 Å². The van der Waals surface area contributed by atoms with Crippen LogP contribution in [0.4, 0.5) is 0 Å². The Balaban J connectivity index is 4.35. The number of hydrogen-bond acceptors (Lipinski definition) is 7. The average Bonchev–Trinajstić information content (AvgIpc) is 3.08. The number of likely N-dealkylation sites (N-methyl/N-ethyl adjacent to an activating group) is 1. The number of allylic oxidation sites excluding steroid dienone is 2. The minimum Gasteiger partial charge on any atom is -0.544 e. The number of esters is 2. The summed E-state index contributed by atoms with van der Waals surface area (Å²) in [5.41, 5.74) is 0. The van der Waals surface area contributed by atoms with E-state index in [1.807, 2.05) is 0 Å². The van der Waals surface area contributed by atoms with Gasteiger partial charge in [0.05, 0.1) is 40.3 Å². The number of carboxylic acids is 1. The summed E-state index contributed by atoms with van der Waals surface area (Å²) in [6.07, 6.45) is 35.1. The van der Waals surface area contributed by atoms with Crippen molar-refractivity contribution in [3.63, 3.8) is 0 Å². The molecular formula is C43H81NO7. The molecule has 300 valence electrons. The highest BCUT2D eigenvalue weighted by Crippen LogP contribution is 2.14. The number of carbonyl (C=O) groups excluding carboxylic acids is 3. The fraction of sp³-hybridized carbons (Fsp3) is 0.884. The Labute approximate surface area is 314 Å². The van der Waals surface area contributed by atoms with E-state index >= 15 is 0 Å².